The predicted molar refractivity (Wildman–Crippen MR) is 72.7 cm³/mol. The first-order valence-corrected chi connectivity index (χ1v) is 6.19. The van der Waals surface area contributed by atoms with Crippen LogP contribution in [0.4, 0.5) is 4.79 Å². The number of hydrogen-bond donors (Lipinski definition) is 3. The van der Waals surface area contributed by atoms with Crippen LogP contribution in [0.3, 0.4) is 0 Å². The van der Waals surface area contributed by atoms with Gasteiger partial charge in [0.15, 0.2) is 0 Å². The number of benzene rings is 1. The fraction of sp³-hybridized carbons (Fsp3) is 0.500. The normalized spacial score (nSPS) is 13.1. The summed E-state index contributed by atoms with van der Waals surface area (Å²) >= 11 is 0. The molecule has 0 fully saturated rings. The van der Waals surface area contributed by atoms with E-state index in [2.05, 4.69) is 31.3 Å². The average molecular weight is 250 g/mol. The first-order valence-electron chi connectivity index (χ1n) is 6.19. The molecule has 1 unspecified atom stereocenters. The largest absolute Gasteiger partial charge is 0.465 e. The lowest BCUT2D eigenvalue weighted by Gasteiger charge is -2.33. The molecule has 0 saturated carbocycles. The Morgan fingerprint density at radius 3 is 2.50 bits per heavy atom. The van der Waals surface area contributed by atoms with Crippen LogP contribution in [-0.4, -0.2) is 24.3 Å². The van der Waals surface area contributed by atoms with Crippen molar-refractivity contribution in [3.63, 3.8) is 0 Å². The molecular weight excluding hydrogens is 228 g/mol. The van der Waals surface area contributed by atoms with Gasteiger partial charge in [-0.1, -0.05) is 44.2 Å². The summed E-state index contributed by atoms with van der Waals surface area (Å²) in [6, 6.07) is 10.1. The third kappa shape index (κ3) is 4.04. The third-order valence-corrected chi connectivity index (χ3v) is 3.38. The van der Waals surface area contributed by atoms with Crippen molar-refractivity contribution in [2.75, 3.05) is 13.1 Å². The van der Waals surface area contributed by atoms with E-state index >= 15 is 0 Å². The number of carbonyl (C=O) groups is 1. The zero-order valence-electron chi connectivity index (χ0n) is 11.0. The molecule has 0 saturated heterocycles. The van der Waals surface area contributed by atoms with Gasteiger partial charge in [0.1, 0.15) is 0 Å². The maximum Gasteiger partial charge on any atom is 0.404 e. The minimum Gasteiger partial charge on any atom is -0.465 e. The van der Waals surface area contributed by atoms with Crippen LogP contribution in [-0.2, 0) is 0 Å². The van der Waals surface area contributed by atoms with E-state index in [4.69, 9.17) is 10.8 Å². The molecule has 0 aromatic heterocycles. The maximum atomic E-state index is 10.5. The highest BCUT2D eigenvalue weighted by Crippen LogP contribution is 2.36. The van der Waals surface area contributed by atoms with Crippen LogP contribution >= 0.6 is 0 Å². The molecule has 4 N–H and O–H groups in total. The Kier molecular flexibility index (Phi) is 5.16. The molecule has 0 spiro atoms. The summed E-state index contributed by atoms with van der Waals surface area (Å²) in [6.07, 6.45) is -0.229. The molecular formula is C14H22N2O2. The molecule has 0 aliphatic heterocycles. The van der Waals surface area contributed by atoms with Crippen LogP contribution in [0.15, 0.2) is 30.3 Å². The molecule has 1 aromatic rings. The van der Waals surface area contributed by atoms with E-state index < -0.39 is 6.09 Å². The Balaban J connectivity index is 2.80. The fourth-order valence-electron chi connectivity index (χ4n) is 2.16. The van der Waals surface area contributed by atoms with Crippen LogP contribution in [0.1, 0.15) is 31.7 Å². The Morgan fingerprint density at radius 1 is 1.39 bits per heavy atom. The third-order valence-electron chi connectivity index (χ3n) is 3.38. The summed E-state index contributed by atoms with van der Waals surface area (Å²) in [6.45, 7) is 5.24. The van der Waals surface area contributed by atoms with E-state index in [1.54, 1.807) is 0 Å². The molecule has 1 rings (SSSR count). The van der Waals surface area contributed by atoms with Gasteiger partial charge in [-0.2, -0.15) is 0 Å². The molecule has 18 heavy (non-hydrogen) atoms. The molecule has 0 heterocycles. The molecule has 4 heteroatoms. The van der Waals surface area contributed by atoms with Gasteiger partial charge in [0.25, 0.3) is 0 Å². The lowest BCUT2D eigenvalue weighted by atomic mass is 9.73. The smallest absolute Gasteiger partial charge is 0.404 e. The zero-order valence-corrected chi connectivity index (χ0v) is 11.0. The lowest BCUT2D eigenvalue weighted by Crippen LogP contribution is -2.33. The fourth-order valence-corrected chi connectivity index (χ4v) is 2.16. The van der Waals surface area contributed by atoms with Crippen molar-refractivity contribution in [1.82, 2.24) is 5.32 Å². The van der Waals surface area contributed by atoms with Crippen LogP contribution in [0.25, 0.3) is 0 Å². The second kappa shape index (κ2) is 6.40. The van der Waals surface area contributed by atoms with Gasteiger partial charge in [-0.05, 0) is 29.9 Å². The lowest BCUT2D eigenvalue weighted by molar-refractivity contribution is 0.192. The number of amides is 1. The highest BCUT2D eigenvalue weighted by Gasteiger charge is 2.29. The van der Waals surface area contributed by atoms with Gasteiger partial charge in [-0.25, -0.2) is 4.79 Å². The number of carboxylic acid groups (broad SMARTS) is 1. The molecule has 1 aromatic carbocycles. The second-order valence-corrected chi connectivity index (χ2v) is 5.18. The molecule has 100 valence electrons. The van der Waals surface area contributed by atoms with E-state index in [9.17, 15) is 4.79 Å². The standard InChI is InChI=1S/C14H22N2O2/c1-14(2,10-15)12(8-9-16-13(17)18)11-6-4-3-5-7-11/h3-7,12,16H,8-10,15H2,1-2H3,(H,17,18). The van der Waals surface area contributed by atoms with Gasteiger partial charge in [0.05, 0.1) is 0 Å². The summed E-state index contributed by atoms with van der Waals surface area (Å²) in [5.74, 6) is 0.246. The van der Waals surface area contributed by atoms with Crippen LogP contribution in [0.2, 0.25) is 0 Å². The highest BCUT2D eigenvalue weighted by atomic mass is 16.4. The van der Waals surface area contributed by atoms with Crippen LogP contribution < -0.4 is 11.1 Å². The van der Waals surface area contributed by atoms with E-state index in [0.29, 0.717) is 13.1 Å². The SMILES string of the molecule is CC(C)(CN)C(CCNC(=O)O)c1ccccc1. The van der Waals surface area contributed by atoms with Crippen molar-refractivity contribution in [1.29, 1.82) is 0 Å². The van der Waals surface area contributed by atoms with Gasteiger partial charge in [0.2, 0.25) is 0 Å². The summed E-state index contributed by atoms with van der Waals surface area (Å²) < 4.78 is 0. The maximum absolute atomic E-state index is 10.5. The Hall–Kier alpha value is -1.55. The Morgan fingerprint density at radius 2 is 2.00 bits per heavy atom. The number of rotatable bonds is 6. The zero-order chi connectivity index (χ0) is 13.6. The van der Waals surface area contributed by atoms with Crippen molar-refractivity contribution in [2.24, 2.45) is 11.1 Å². The first-order chi connectivity index (χ1) is 8.47. The average Bonchev–Trinajstić information content (AvgIpc) is 2.35. The van der Waals surface area contributed by atoms with E-state index in [1.165, 1.54) is 5.56 Å². The van der Waals surface area contributed by atoms with Crippen molar-refractivity contribution in [2.45, 2.75) is 26.2 Å². The minimum absolute atomic E-state index is 0.0540. The van der Waals surface area contributed by atoms with E-state index in [1.807, 2.05) is 18.2 Å². The van der Waals surface area contributed by atoms with E-state index in [-0.39, 0.29) is 11.3 Å². The van der Waals surface area contributed by atoms with Crippen molar-refractivity contribution in [3.05, 3.63) is 35.9 Å². The molecule has 1 atom stereocenters. The first kappa shape index (κ1) is 14.5. The van der Waals surface area contributed by atoms with Gasteiger partial charge >= 0.3 is 6.09 Å². The van der Waals surface area contributed by atoms with Crippen LogP contribution in [0.5, 0.6) is 0 Å². The summed E-state index contributed by atoms with van der Waals surface area (Å²) in [4.78, 5) is 10.5. The number of hydrogen-bond acceptors (Lipinski definition) is 2. The summed E-state index contributed by atoms with van der Waals surface area (Å²) in [5, 5.41) is 11.0. The van der Waals surface area contributed by atoms with Gasteiger partial charge in [-0.15, -0.1) is 0 Å². The molecule has 0 aliphatic carbocycles. The van der Waals surface area contributed by atoms with Crippen molar-refractivity contribution < 1.29 is 9.90 Å². The second-order valence-electron chi connectivity index (χ2n) is 5.18. The van der Waals surface area contributed by atoms with Gasteiger partial charge < -0.3 is 16.2 Å². The molecule has 0 aliphatic rings. The highest BCUT2D eigenvalue weighted by molar-refractivity contribution is 5.64. The number of nitrogens with two attached hydrogens (primary N) is 1. The topological polar surface area (TPSA) is 75.3 Å². The van der Waals surface area contributed by atoms with Crippen molar-refractivity contribution >= 4 is 6.09 Å². The quantitative estimate of drug-likeness (QED) is 0.725. The Labute approximate surface area is 108 Å². The van der Waals surface area contributed by atoms with Gasteiger partial charge in [0, 0.05) is 6.54 Å². The van der Waals surface area contributed by atoms with Crippen LogP contribution in [0, 0.1) is 5.41 Å². The summed E-state index contributed by atoms with van der Waals surface area (Å²) in [7, 11) is 0. The summed E-state index contributed by atoms with van der Waals surface area (Å²) in [5.41, 5.74) is 6.99. The molecule has 1 amide bonds. The predicted octanol–water partition coefficient (Wildman–Crippen LogP) is 2.41. The minimum atomic E-state index is -0.979. The van der Waals surface area contributed by atoms with E-state index in [0.717, 1.165) is 6.42 Å². The molecule has 0 bridgehead atoms. The molecule has 4 nitrogen and oxygen atoms in total. The molecule has 0 radical (unpaired) electrons. The Bertz CT molecular complexity index is 377. The number of nitrogens with one attached hydrogen (secondary N) is 1. The monoisotopic (exact) mass is 250 g/mol. The van der Waals surface area contributed by atoms with Gasteiger partial charge in [-0.3, -0.25) is 0 Å². The van der Waals surface area contributed by atoms with Crippen molar-refractivity contribution in [3.8, 4) is 0 Å².